The molecule has 0 N–H and O–H groups in total. The first-order valence-electron chi connectivity index (χ1n) is 7.28. The quantitative estimate of drug-likeness (QED) is 0.319. The Morgan fingerprint density at radius 2 is 1.96 bits per heavy atom. The molecule has 1 aromatic carbocycles. The number of benzene rings is 1. The third-order valence-electron chi connectivity index (χ3n) is 3.19. The van der Waals surface area contributed by atoms with Gasteiger partial charge in [-0.3, -0.25) is 0 Å². The van der Waals surface area contributed by atoms with Crippen molar-refractivity contribution in [3.05, 3.63) is 27.4 Å². The Morgan fingerprint density at radius 3 is 2.52 bits per heavy atom. The van der Waals surface area contributed by atoms with Crippen LogP contribution < -0.4 is 56.3 Å². The van der Waals surface area contributed by atoms with E-state index in [0.29, 0.717) is 35.1 Å². The fourth-order valence-corrected chi connectivity index (χ4v) is 3.41. The summed E-state index contributed by atoms with van der Waals surface area (Å²) in [6.07, 6.45) is 0.164. The molecule has 0 amide bonds. The van der Waals surface area contributed by atoms with E-state index in [-0.39, 0.29) is 73.6 Å². The Balaban J connectivity index is 0.00000364. The van der Waals surface area contributed by atoms with Crippen molar-refractivity contribution >= 4 is 61.2 Å². The van der Waals surface area contributed by atoms with Gasteiger partial charge in [-0.25, -0.2) is 8.42 Å². The monoisotopic (exact) mass is 479 g/mol. The number of hydrogen-bond donors (Lipinski definition) is 0. The fourth-order valence-electron chi connectivity index (χ4n) is 2.06. The minimum atomic E-state index is -4.27. The summed E-state index contributed by atoms with van der Waals surface area (Å²) in [6, 6.07) is 3.04. The van der Waals surface area contributed by atoms with Gasteiger partial charge in [-0.2, -0.15) is 4.39 Å². The second kappa shape index (κ2) is 11.4. The molecule has 0 unspecified atom stereocenters. The van der Waals surface area contributed by atoms with E-state index < -0.39 is 21.1 Å². The number of rotatable bonds is 8. The Bertz CT molecular complexity index is 913. The van der Waals surface area contributed by atoms with Gasteiger partial charge >= 0.3 is 51.4 Å². The molecule has 0 bridgehead atoms. The van der Waals surface area contributed by atoms with Crippen LogP contribution in [0.15, 0.2) is 22.4 Å². The molecular weight excluding hydrogens is 467 g/mol. The predicted molar refractivity (Wildman–Crippen MR) is 97.6 cm³/mol. The molecule has 0 aliphatic heterocycles. The normalized spacial score (nSPS) is 11.6. The maximum absolute atomic E-state index is 12.8. The summed E-state index contributed by atoms with van der Waals surface area (Å²) in [6.45, 7) is 2.70. The van der Waals surface area contributed by atoms with E-state index in [4.69, 9.17) is 23.2 Å². The Hall–Kier alpha value is 0.236. The standard InChI is InChI=1S/C13H14Cl2FN5O3S2.K/c1-2-21(4-3-5-26(22,23)24)11-7-8(14)10(6-9(11)15)17-19-13-20-18-12(16)25-13;/h6-7H,2-5H2,1H3,(H,22,23,24);/q;+1/p-1. The molecule has 27 heavy (non-hydrogen) atoms. The van der Waals surface area contributed by atoms with Crippen LogP contribution in [0.4, 0.5) is 20.9 Å². The van der Waals surface area contributed by atoms with Crippen LogP contribution in [0.5, 0.6) is 0 Å². The molecule has 0 aliphatic rings. The van der Waals surface area contributed by atoms with Gasteiger partial charge in [0.2, 0.25) is 0 Å². The molecule has 2 rings (SSSR count). The van der Waals surface area contributed by atoms with Crippen LogP contribution in [-0.2, 0) is 10.1 Å². The van der Waals surface area contributed by atoms with Crippen molar-refractivity contribution in [2.45, 2.75) is 13.3 Å². The van der Waals surface area contributed by atoms with Crippen molar-refractivity contribution in [1.29, 1.82) is 0 Å². The smallest absolute Gasteiger partial charge is 0.748 e. The van der Waals surface area contributed by atoms with Gasteiger partial charge in [0.05, 0.1) is 25.9 Å². The number of halogens is 3. The van der Waals surface area contributed by atoms with Gasteiger partial charge in [-0.05, 0) is 36.8 Å². The molecule has 0 saturated carbocycles. The van der Waals surface area contributed by atoms with Gasteiger partial charge in [0.25, 0.3) is 10.4 Å². The summed E-state index contributed by atoms with van der Waals surface area (Å²) >= 11 is 13.1. The van der Waals surface area contributed by atoms with Gasteiger partial charge < -0.3 is 9.45 Å². The Morgan fingerprint density at radius 1 is 1.26 bits per heavy atom. The molecule has 0 aliphatic carbocycles. The number of aromatic nitrogens is 2. The van der Waals surface area contributed by atoms with Crippen molar-refractivity contribution in [3.63, 3.8) is 0 Å². The molecule has 0 radical (unpaired) electrons. The molecule has 1 heterocycles. The first kappa shape index (κ1) is 25.3. The van der Waals surface area contributed by atoms with E-state index >= 15 is 0 Å². The third kappa shape index (κ3) is 8.24. The molecule has 0 fully saturated rings. The summed E-state index contributed by atoms with van der Waals surface area (Å²) in [5.74, 6) is -0.459. The van der Waals surface area contributed by atoms with E-state index in [9.17, 15) is 17.4 Å². The number of azo groups is 1. The van der Waals surface area contributed by atoms with Crippen LogP contribution in [0.1, 0.15) is 13.3 Å². The van der Waals surface area contributed by atoms with E-state index in [1.165, 1.54) is 6.07 Å². The average molecular weight is 480 g/mol. The van der Waals surface area contributed by atoms with Crippen molar-refractivity contribution in [1.82, 2.24) is 10.2 Å². The van der Waals surface area contributed by atoms with Gasteiger partial charge in [0.1, 0.15) is 5.69 Å². The number of nitrogens with zero attached hydrogens (tertiary/aromatic N) is 5. The minimum Gasteiger partial charge on any atom is -0.748 e. The molecule has 8 nitrogen and oxygen atoms in total. The van der Waals surface area contributed by atoms with Gasteiger partial charge in [-0.1, -0.05) is 23.2 Å². The molecule has 142 valence electrons. The minimum absolute atomic E-state index is 0. The van der Waals surface area contributed by atoms with Gasteiger partial charge in [0, 0.05) is 18.8 Å². The van der Waals surface area contributed by atoms with Crippen molar-refractivity contribution in [2.75, 3.05) is 23.7 Å². The fraction of sp³-hybridized carbons (Fsp3) is 0.385. The predicted octanol–water partition coefficient (Wildman–Crippen LogP) is 1.17. The summed E-state index contributed by atoms with van der Waals surface area (Å²) in [4.78, 5) is 1.79. The zero-order chi connectivity index (χ0) is 19.3. The zero-order valence-electron chi connectivity index (χ0n) is 14.4. The average Bonchev–Trinajstić information content (AvgIpc) is 2.97. The summed E-state index contributed by atoms with van der Waals surface area (Å²) in [5.41, 5.74) is 0.831. The summed E-state index contributed by atoms with van der Waals surface area (Å²) < 4.78 is 44.9. The molecule has 14 heteroatoms. The summed E-state index contributed by atoms with van der Waals surface area (Å²) in [7, 11) is -4.27. The summed E-state index contributed by atoms with van der Waals surface area (Å²) in [5, 5.41) is 14.1. The van der Waals surface area contributed by atoms with E-state index in [0.717, 1.165) is 0 Å². The Labute approximate surface area is 212 Å². The van der Waals surface area contributed by atoms with E-state index in [1.54, 1.807) is 11.0 Å². The van der Waals surface area contributed by atoms with Crippen LogP contribution in [0.2, 0.25) is 10.0 Å². The second-order valence-electron chi connectivity index (χ2n) is 4.99. The number of hydrogen-bond acceptors (Lipinski definition) is 9. The molecule has 0 saturated heterocycles. The first-order valence-corrected chi connectivity index (χ1v) is 10.4. The maximum atomic E-state index is 12.8. The van der Waals surface area contributed by atoms with Crippen LogP contribution in [0, 0.1) is 5.26 Å². The maximum Gasteiger partial charge on any atom is 1.00 e. The van der Waals surface area contributed by atoms with E-state index in [2.05, 4.69) is 20.4 Å². The van der Waals surface area contributed by atoms with Gasteiger partial charge in [0.15, 0.2) is 0 Å². The zero-order valence-corrected chi connectivity index (χ0v) is 20.7. The first-order chi connectivity index (χ1) is 12.2. The van der Waals surface area contributed by atoms with Crippen molar-refractivity contribution < 1.29 is 68.7 Å². The van der Waals surface area contributed by atoms with E-state index in [1.807, 2.05) is 6.92 Å². The molecule has 0 spiro atoms. The van der Waals surface area contributed by atoms with Crippen molar-refractivity contribution in [3.8, 4) is 0 Å². The number of anilines is 1. The molecular formula is C13H13Cl2FKN5O3S2. The SMILES string of the molecule is CCN(CCCS(=O)(=O)[O-])c1cc(Cl)c(N=Nc2nnc(F)s2)cc1Cl.[K+]. The third-order valence-corrected chi connectivity index (χ3v) is 5.18. The topological polar surface area (TPSA) is 111 Å². The van der Waals surface area contributed by atoms with Crippen LogP contribution in [0.25, 0.3) is 0 Å². The second-order valence-corrected chi connectivity index (χ2v) is 8.23. The van der Waals surface area contributed by atoms with Crippen LogP contribution >= 0.6 is 34.5 Å². The van der Waals surface area contributed by atoms with Gasteiger partial charge in [-0.15, -0.1) is 20.4 Å². The Kier molecular flexibility index (Phi) is 10.7. The molecule has 0 atom stereocenters. The largest absolute Gasteiger partial charge is 1.00 e. The molecule has 2 aromatic rings. The van der Waals surface area contributed by atoms with Crippen molar-refractivity contribution in [2.24, 2.45) is 10.2 Å². The van der Waals surface area contributed by atoms with Crippen LogP contribution in [-0.4, -0.2) is 42.0 Å². The van der Waals surface area contributed by atoms with Crippen LogP contribution in [0.3, 0.4) is 0 Å². The molecule has 1 aromatic heterocycles.